The van der Waals surface area contributed by atoms with E-state index in [0.29, 0.717) is 5.92 Å². The Morgan fingerprint density at radius 3 is 2.69 bits per heavy atom. The molecule has 0 unspecified atom stereocenters. The van der Waals surface area contributed by atoms with Gasteiger partial charge in [-0.25, -0.2) is 9.78 Å². The van der Waals surface area contributed by atoms with Crippen LogP contribution in [0.3, 0.4) is 0 Å². The van der Waals surface area contributed by atoms with Gasteiger partial charge in [0, 0.05) is 22.3 Å². The number of fused-ring (bicyclic) bond motifs is 2. The van der Waals surface area contributed by atoms with Crippen molar-refractivity contribution in [3.63, 3.8) is 0 Å². The van der Waals surface area contributed by atoms with E-state index in [2.05, 4.69) is 56.6 Å². The molecule has 3 aromatic rings. The zero-order chi connectivity index (χ0) is 22.6. The van der Waals surface area contributed by atoms with Crippen LogP contribution in [0.15, 0.2) is 47.1 Å². The van der Waals surface area contributed by atoms with Gasteiger partial charge in [-0.2, -0.15) is 0 Å². The Hall–Kier alpha value is -2.87. The van der Waals surface area contributed by atoms with Crippen LogP contribution in [0, 0.1) is 11.8 Å². The van der Waals surface area contributed by atoms with Crippen molar-refractivity contribution in [1.29, 1.82) is 0 Å². The number of hydrogen-bond donors (Lipinski definition) is 3. The molecule has 7 nitrogen and oxygen atoms in total. The summed E-state index contributed by atoms with van der Waals surface area (Å²) >= 11 is 3.51. The number of carbonyl (C=O) groups excluding carboxylic acids is 1. The maximum Gasteiger partial charge on any atom is 0.405 e. The zero-order valence-electron chi connectivity index (χ0n) is 17.9. The van der Waals surface area contributed by atoms with Crippen molar-refractivity contribution >= 4 is 38.7 Å². The highest BCUT2D eigenvalue weighted by Crippen LogP contribution is 2.53. The monoisotopic (exact) mass is 496 g/mol. The lowest BCUT2D eigenvalue weighted by atomic mass is 10.0. The molecule has 0 spiro atoms. The number of nitrogens with one attached hydrogen (secondary N) is 2. The van der Waals surface area contributed by atoms with Crippen molar-refractivity contribution in [2.45, 2.75) is 44.8 Å². The fraction of sp³-hybridized carbons (Fsp3) is 0.375. The highest BCUT2D eigenvalue weighted by Gasteiger charge is 2.56. The molecule has 5 rings (SSSR count). The predicted octanol–water partition coefficient (Wildman–Crippen LogP) is 4.95. The van der Waals surface area contributed by atoms with Crippen LogP contribution < -0.4 is 5.32 Å². The molecule has 4 atom stereocenters. The topological polar surface area (TPSA) is 98.3 Å². The zero-order valence-corrected chi connectivity index (χ0v) is 19.5. The molecule has 1 aliphatic carbocycles. The third kappa shape index (κ3) is 3.77. The van der Waals surface area contributed by atoms with Crippen molar-refractivity contribution < 1.29 is 14.7 Å². The number of imidazole rings is 1. The number of rotatable bonds is 5. The van der Waals surface area contributed by atoms with Crippen molar-refractivity contribution in [3.8, 4) is 11.3 Å². The van der Waals surface area contributed by atoms with E-state index in [0.717, 1.165) is 45.2 Å². The van der Waals surface area contributed by atoms with E-state index in [-0.39, 0.29) is 23.9 Å². The summed E-state index contributed by atoms with van der Waals surface area (Å²) in [6.45, 7) is 3.72. The van der Waals surface area contributed by atoms with Gasteiger partial charge >= 0.3 is 6.09 Å². The van der Waals surface area contributed by atoms with Gasteiger partial charge < -0.3 is 20.3 Å². The third-order valence-corrected chi connectivity index (χ3v) is 7.08. The molecule has 1 saturated heterocycles. The lowest BCUT2D eigenvalue weighted by Gasteiger charge is -2.31. The summed E-state index contributed by atoms with van der Waals surface area (Å²) < 4.78 is 1.04. The summed E-state index contributed by atoms with van der Waals surface area (Å²) in [5.74, 6) is 0.928. The minimum atomic E-state index is -1.18. The average Bonchev–Trinajstić information content (AvgIpc) is 3.18. The first-order chi connectivity index (χ1) is 15.3. The molecule has 2 heterocycles. The molecule has 3 N–H and O–H groups in total. The summed E-state index contributed by atoms with van der Waals surface area (Å²) in [5.41, 5.74) is 1.85. The number of hydrogen-bond acceptors (Lipinski definition) is 3. The standard InChI is InChI=1S/C24H25BrN4O3/c1-12(2)21(28-24(31)32)23(30)29-19-9-16(19)10-20(29)22-26-11-18(27-22)15-4-3-14-8-17(25)6-5-13(14)7-15/h3-8,11-12,16,19-21,28H,9-10H2,1-2H3,(H,26,27)(H,31,32)/t16-,19-,20+,21+/m1/s1. The van der Waals surface area contributed by atoms with Crippen LogP contribution in [0.5, 0.6) is 0 Å². The van der Waals surface area contributed by atoms with Gasteiger partial charge in [-0.15, -0.1) is 0 Å². The Kier molecular flexibility index (Phi) is 5.20. The van der Waals surface area contributed by atoms with E-state index in [9.17, 15) is 14.7 Å². The smallest absolute Gasteiger partial charge is 0.405 e. The molecule has 2 aliphatic rings. The van der Waals surface area contributed by atoms with Crippen molar-refractivity contribution in [1.82, 2.24) is 20.2 Å². The Morgan fingerprint density at radius 1 is 1.19 bits per heavy atom. The molecular formula is C24H25BrN4O3. The molecule has 0 radical (unpaired) electrons. The number of likely N-dealkylation sites (tertiary alicyclic amines) is 1. The second kappa shape index (κ2) is 7.92. The first kappa shape index (κ1) is 21.0. The van der Waals surface area contributed by atoms with Crippen molar-refractivity contribution in [2.75, 3.05) is 0 Å². The SMILES string of the molecule is CC(C)[C@H](NC(=O)O)C(=O)N1[C@@H]2C[C@@H]2C[C@H]1c1nc(-c2ccc3cc(Br)ccc3c2)c[nH]1. The molecule has 8 heteroatoms. The first-order valence-electron chi connectivity index (χ1n) is 10.9. The molecule has 0 bridgehead atoms. The summed E-state index contributed by atoms with van der Waals surface area (Å²) in [7, 11) is 0. The maximum absolute atomic E-state index is 13.3. The minimum Gasteiger partial charge on any atom is -0.465 e. The van der Waals surface area contributed by atoms with Gasteiger partial charge in [-0.1, -0.05) is 48.0 Å². The highest BCUT2D eigenvalue weighted by atomic mass is 79.9. The second-order valence-corrected chi connectivity index (χ2v) is 10.0. The molecule has 1 aliphatic heterocycles. The molecule has 2 fully saturated rings. The summed E-state index contributed by atoms with van der Waals surface area (Å²) in [6, 6.07) is 11.7. The number of aromatic nitrogens is 2. The van der Waals surface area contributed by atoms with Crippen LogP contribution in [0.1, 0.15) is 38.6 Å². The summed E-state index contributed by atoms with van der Waals surface area (Å²) in [4.78, 5) is 34.6. The average molecular weight is 497 g/mol. The Morgan fingerprint density at radius 2 is 1.94 bits per heavy atom. The largest absolute Gasteiger partial charge is 0.465 e. The Bertz CT molecular complexity index is 1210. The van der Waals surface area contributed by atoms with E-state index >= 15 is 0 Å². The molecule has 1 saturated carbocycles. The maximum atomic E-state index is 13.3. The predicted molar refractivity (Wildman–Crippen MR) is 125 cm³/mol. The fourth-order valence-electron chi connectivity index (χ4n) is 4.86. The Balaban J connectivity index is 1.42. The highest BCUT2D eigenvalue weighted by molar-refractivity contribution is 9.10. The number of nitrogens with zero attached hydrogens (tertiary/aromatic N) is 2. The number of amides is 2. The third-order valence-electron chi connectivity index (χ3n) is 6.58. The summed E-state index contributed by atoms with van der Waals surface area (Å²) in [5, 5.41) is 13.9. The molecule has 1 aromatic heterocycles. The number of halogens is 1. The minimum absolute atomic E-state index is 0.137. The molecular weight excluding hydrogens is 472 g/mol. The van der Waals surface area contributed by atoms with Crippen LogP contribution in [0.2, 0.25) is 0 Å². The lowest BCUT2D eigenvalue weighted by Crippen LogP contribution is -2.51. The number of aromatic amines is 1. The van der Waals surface area contributed by atoms with Crippen molar-refractivity contribution in [3.05, 3.63) is 52.9 Å². The van der Waals surface area contributed by atoms with Gasteiger partial charge in [-0.3, -0.25) is 4.79 Å². The van der Waals surface area contributed by atoms with Crippen LogP contribution in [-0.4, -0.2) is 44.1 Å². The van der Waals surface area contributed by atoms with Gasteiger partial charge in [0.15, 0.2) is 0 Å². The van der Waals surface area contributed by atoms with E-state index in [1.54, 1.807) is 0 Å². The number of piperidine rings is 1. The van der Waals surface area contributed by atoms with E-state index < -0.39 is 12.1 Å². The fourth-order valence-corrected chi connectivity index (χ4v) is 5.23. The van der Waals surface area contributed by atoms with Crippen LogP contribution in [-0.2, 0) is 4.79 Å². The molecule has 2 amide bonds. The van der Waals surface area contributed by atoms with E-state index in [1.807, 2.05) is 31.0 Å². The number of benzene rings is 2. The van der Waals surface area contributed by atoms with Gasteiger partial charge in [0.25, 0.3) is 0 Å². The Labute approximate surface area is 194 Å². The van der Waals surface area contributed by atoms with Gasteiger partial charge in [0.2, 0.25) is 5.91 Å². The lowest BCUT2D eigenvalue weighted by molar-refractivity contribution is -0.136. The van der Waals surface area contributed by atoms with Crippen LogP contribution in [0.25, 0.3) is 22.0 Å². The van der Waals surface area contributed by atoms with E-state index in [1.165, 1.54) is 0 Å². The van der Waals surface area contributed by atoms with Crippen molar-refractivity contribution in [2.24, 2.45) is 11.8 Å². The number of H-pyrrole nitrogens is 1. The van der Waals surface area contributed by atoms with Gasteiger partial charge in [0.05, 0.1) is 11.7 Å². The number of carbonyl (C=O) groups is 2. The second-order valence-electron chi connectivity index (χ2n) is 9.11. The molecule has 2 aromatic carbocycles. The normalized spacial score (nSPS) is 22.8. The first-order valence-corrected chi connectivity index (χ1v) is 11.7. The van der Waals surface area contributed by atoms with Crippen LogP contribution >= 0.6 is 15.9 Å². The quantitative estimate of drug-likeness (QED) is 0.465. The number of carboxylic acid groups (broad SMARTS) is 1. The van der Waals surface area contributed by atoms with Crippen LogP contribution in [0.4, 0.5) is 4.79 Å². The molecule has 32 heavy (non-hydrogen) atoms. The van der Waals surface area contributed by atoms with E-state index in [4.69, 9.17) is 4.98 Å². The molecule has 166 valence electrons. The summed E-state index contributed by atoms with van der Waals surface area (Å²) in [6.07, 6.45) is 2.54. The van der Waals surface area contributed by atoms with Gasteiger partial charge in [0.1, 0.15) is 11.9 Å². The van der Waals surface area contributed by atoms with Gasteiger partial charge in [-0.05, 0) is 53.6 Å².